The molecule has 0 fully saturated rings. The first-order chi connectivity index (χ1) is 12.6. The van der Waals surface area contributed by atoms with Gasteiger partial charge < -0.3 is 9.73 Å². The zero-order valence-electron chi connectivity index (χ0n) is 14.1. The van der Waals surface area contributed by atoms with Crippen LogP contribution in [-0.4, -0.2) is 25.7 Å². The van der Waals surface area contributed by atoms with E-state index in [1.54, 1.807) is 31.0 Å². The van der Waals surface area contributed by atoms with E-state index in [2.05, 4.69) is 20.4 Å². The van der Waals surface area contributed by atoms with Crippen LogP contribution in [0, 0.1) is 6.92 Å². The summed E-state index contributed by atoms with van der Waals surface area (Å²) >= 11 is 1.51. The van der Waals surface area contributed by atoms with Crippen LogP contribution in [0.2, 0.25) is 0 Å². The molecule has 0 atom stereocenters. The lowest BCUT2D eigenvalue weighted by Crippen LogP contribution is -2.13. The second kappa shape index (κ2) is 6.57. The van der Waals surface area contributed by atoms with E-state index in [-0.39, 0.29) is 11.6 Å². The number of carbonyl (C=O) groups is 1. The molecule has 7 nitrogen and oxygen atoms in total. The lowest BCUT2D eigenvalue weighted by Gasteiger charge is -2.03. The summed E-state index contributed by atoms with van der Waals surface area (Å²) in [5.74, 6) is 0.562. The van der Waals surface area contributed by atoms with Gasteiger partial charge in [0, 0.05) is 19.4 Å². The lowest BCUT2D eigenvalue weighted by molar-refractivity contribution is 0.102. The molecule has 1 N–H and O–H groups in total. The quantitative estimate of drug-likeness (QED) is 0.595. The fourth-order valence-corrected chi connectivity index (χ4v) is 3.22. The number of aromatic nitrogens is 4. The number of thiophene rings is 1. The van der Waals surface area contributed by atoms with Gasteiger partial charge in [-0.3, -0.25) is 14.5 Å². The van der Waals surface area contributed by atoms with Gasteiger partial charge in [-0.05, 0) is 30.5 Å². The minimum Gasteiger partial charge on any atom is -0.440 e. The molecule has 1 amide bonds. The van der Waals surface area contributed by atoms with E-state index in [9.17, 15) is 4.79 Å². The van der Waals surface area contributed by atoms with Crippen LogP contribution >= 0.6 is 11.3 Å². The normalized spacial score (nSPS) is 10.8. The Morgan fingerprint density at radius 1 is 1.27 bits per heavy atom. The van der Waals surface area contributed by atoms with Crippen LogP contribution in [0.3, 0.4) is 0 Å². The maximum atomic E-state index is 12.7. The molecule has 26 heavy (non-hydrogen) atoms. The maximum absolute atomic E-state index is 12.7. The maximum Gasteiger partial charge on any atom is 0.278 e. The number of oxazole rings is 1. The number of hydrogen-bond donors (Lipinski definition) is 1. The smallest absolute Gasteiger partial charge is 0.278 e. The van der Waals surface area contributed by atoms with E-state index in [0.717, 1.165) is 4.88 Å². The van der Waals surface area contributed by atoms with Crippen LogP contribution in [0.15, 0.2) is 52.5 Å². The van der Waals surface area contributed by atoms with E-state index in [1.807, 2.05) is 35.7 Å². The third-order valence-electron chi connectivity index (χ3n) is 3.73. The van der Waals surface area contributed by atoms with Crippen molar-refractivity contribution >= 4 is 22.9 Å². The second-order valence-corrected chi connectivity index (χ2v) is 6.58. The van der Waals surface area contributed by atoms with Crippen molar-refractivity contribution in [2.24, 2.45) is 7.05 Å². The molecule has 0 bridgehead atoms. The molecule has 0 aliphatic heterocycles. The number of amides is 1. The molecule has 0 aliphatic carbocycles. The van der Waals surface area contributed by atoms with E-state index in [4.69, 9.17) is 4.42 Å². The van der Waals surface area contributed by atoms with Gasteiger partial charge in [0.1, 0.15) is 11.5 Å². The van der Waals surface area contributed by atoms with Crippen molar-refractivity contribution < 1.29 is 9.21 Å². The number of carbonyl (C=O) groups excluding carboxylic acids is 1. The SMILES string of the molecule is Cc1oc(-c2cccs2)nc1C(=O)Nc1cn(C)nc1-c1ccccn1. The summed E-state index contributed by atoms with van der Waals surface area (Å²) in [4.78, 5) is 22.2. The highest BCUT2D eigenvalue weighted by Crippen LogP contribution is 2.28. The average Bonchev–Trinajstić information content (AvgIpc) is 3.35. The Kier molecular flexibility index (Phi) is 4.10. The first kappa shape index (κ1) is 16.2. The number of anilines is 1. The number of nitrogens with zero attached hydrogens (tertiary/aromatic N) is 4. The predicted octanol–water partition coefficient (Wildman–Crippen LogP) is 3.76. The monoisotopic (exact) mass is 365 g/mol. The predicted molar refractivity (Wildman–Crippen MR) is 98.9 cm³/mol. The number of aryl methyl sites for hydroxylation is 2. The fourth-order valence-electron chi connectivity index (χ4n) is 2.57. The van der Waals surface area contributed by atoms with Crippen LogP contribution in [-0.2, 0) is 7.05 Å². The summed E-state index contributed by atoms with van der Waals surface area (Å²) in [5, 5.41) is 9.19. The summed E-state index contributed by atoms with van der Waals surface area (Å²) in [6.07, 6.45) is 3.42. The van der Waals surface area contributed by atoms with Gasteiger partial charge in [-0.2, -0.15) is 5.10 Å². The van der Waals surface area contributed by atoms with Crippen LogP contribution in [0.5, 0.6) is 0 Å². The van der Waals surface area contributed by atoms with E-state index in [1.165, 1.54) is 11.3 Å². The van der Waals surface area contributed by atoms with Crippen LogP contribution in [0.1, 0.15) is 16.2 Å². The van der Waals surface area contributed by atoms with Crippen molar-refractivity contribution in [1.82, 2.24) is 19.7 Å². The van der Waals surface area contributed by atoms with Crippen molar-refractivity contribution in [3.05, 3.63) is 59.6 Å². The zero-order valence-corrected chi connectivity index (χ0v) is 14.9. The highest BCUT2D eigenvalue weighted by molar-refractivity contribution is 7.13. The standard InChI is InChI=1S/C18H15N5O2S/c1-11-15(21-18(25-11)14-7-5-9-26-14)17(24)20-13-10-23(2)22-16(13)12-6-3-4-8-19-12/h3-10H,1-2H3,(H,20,24). The Balaban J connectivity index is 1.64. The van der Waals surface area contributed by atoms with Gasteiger partial charge in [0.25, 0.3) is 5.91 Å². The van der Waals surface area contributed by atoms with Gasteiger partial charge in [-0.1, -0.05) is 12.1 Å². The van der Waals surface area contributed by atoms with Crippen molar-refractivity contribution in [2.45, 2.75) is 6.92 Å². The summed E-state index contributed by atoms with van der Waals surface area (Å²) in [6, 6.07) is 9.35. The third kappa shape index (κ3) is 3.02. The Bertz CT molecular complexity index is 1050. The molecule has 8 heteroatoms. The highest BCUT2D eigenvalue weighted by atomic mass is 32.1. The largest absolute Gasteiger partial charge is 0.440 e. The minimum absolute atomic E-state index is 0.254. The molecule has 0 saturated heterocycles. The Labute approximate surface area is 153 Å². The van der Waals surface area contributed by atoms with Crippen molar-refractivity contribution in [1.29, 1.82) is 0 Å². The number of rotatable bonds is 4. The molecule has 4 heterocycles. The van der Waals surface area contributed by atoms with Gasteiger partial charge in [0.15, 0.2) is 5.69 Å². The van der Waals surface area contributed by atoms with E-state index < -0.39 is 0 Å². The van der Waals surface area contributed by atoms with Crippen LogP contribution < -0.4 is 5.32 Å². The molecule has 130 valence electrons. The third-order valence-corrected chi connectivity index (χ3v) is 4.59. The summed E-state index contributed by atoms with van der Waals surface area (Å²) < 4.78 is 7.27. The van der Waals surface area contributed by atoms with E-state index >= 15 is 0 Å². The molecule has 0 radical (unpaired) electrons. The first-order valence-corrected chi connectivity index (χ1v) is 8.77. The molecule has 4 aromatic rings. The Hall–Kier alpha value is -3.26. The molecule has 4 rings (SSSR count). The summed E-state index contributed by atoms with van der Waals surface area (Å²) in [6.45, 7) is 1.72. The Morgan fingerprint density at radius 3 is 2.88 bits per heavy atom. The van der Waals surface area contributed by atoms with Gasteiger partial charge in [-0.15, -0.1) is 11.3 Å². The molecular formula is C18H15N5O2S. The average molecular weight is 365 g/mol. The molecule has 0 aromatic carbocycles. The number of pyridine rings is 1. The van der Waals surface area contributed by atoms with Gasteiger partial charge in [0.05, 0.1) is 16.3 Å². The highest BCUT2D eigenvalue weighted by Gasteiger charge is 2.21. The van der Waals surface area contributed by atoms with Crippen molar-refractivity contribution in [2.75, 3.05) is 5.32 Å². The van der Waals surface area contributed by atoms with Gasteiger partial charge >= 0.3 is 0 Å². The lowest BCUT2D eigenvalue weighted by atomic mass is 10.2. The number of hydrogen-bond acceptors (Lipinski definition) is 6. The van der Waals surface area contributed by atoms with Crippen molar-refractivity contribution in [3.63, 3.8) is 0 Å². The fraction of sp³-hybridized carbons (Fsp3) is 0.111. The van der Waals surface area contributed by atoms with E-state index in [0.29, 0.717) is 28.7 Å². The topological polar surface area (TPSA) is 85.8 Å². The molecule has 0 unspecified atom stereocenters. The number of nitrogens with one attached hydrogen (secondary N) is 1. The van der Waals surface area contributed by atoms with Gasteiger partial charge in [0.2, 0.25) is 5.89 Å². The second-order valence-electron chi connectivity index (χ2n) is 5.64. The van der Waals surface area contributed by atoms with Gasteiger partial charge in [-0.25, -0.2) is 4.98 Å². The molecule has 0 aliphatic rings. The summed E-state index contributed by atoms with van der Waals surface area (Å²) in [7, 11) is 1.79. The molecule has 0 saturated carbocycles. The molecular weight excluding hydrogens is 350 g/mol. The van der Waals surface area contributed by atoms with Crippen LogP contribution in [0.25, 0.3) is 22.2 Å². The zero-order chi connectivity index (χ0) is 18.1. The van der Waals surface area contributed by atoms with Crippen molar-refractivity contribution in [3.8, 4) is 22.2 Å². The Morgan fingerprint density at radius 2 is 2.15 bits per heavy atom. The van der Waals surface area contributed by atoms with Crippen LogP contribution in [0.4, 0.5) is 5.69 Å². The molecule has 0 spiro atoms. The summed E-state index contributed by atoms with van der Waals surface area (Å²) in [5.41, 5.74) is 2.10. The first-order valence-electron chi connectivity index (χ1n) is 7.89. The molecule has 4 aromatic heterocycles. The minimum atomic E-state index is -0.348.